The quantitative estimate of drug-likeness (QED) is 0.616. The van der Waals surface area contributed by atoms with Crippen molar-refractivity contribution in [3.05, 3.63) is 64.7 Å². The van der Waals surface area contributed by atoms with Crippen molar-refractivity contribution in [3.8, 4) is 0 Å². The molecule has 0 aromatic heterocycles. The summed E-state index contributed by atoms with van der Waals surface area (Å²) in [7, 11) is 0. The minimum atomic E-state index is -5.02. The Hall–Kier alpha value is -3.08. The number of fused-ring (bicyclic) bond motifs is 1. The first kappa shape index (κ1) is 24.1. The van der Waals surface area contributed by atoms with E-state index < -0.39 is 35.0 Å². The van der Waals surface area contributed by atoms with Crippen molar-refractivity contribution >= 4 is 17.5 Å². The topological polar surface area (TPSA) is 43.9 Å². The van der Waals surface area contributed by atoms with E-state index in [-0.39, 0.29) is 44.7 Å². The molecule has 1 saturated heterocycles. The standard InChI is InChI=1S/C23H21F6N3O2/c24-22(25,26)17-11-16(12-18(13-17)23(27,28)29)21(34)31-9-7-30(8-10-31)14-20(33)32-6-5-15-3-1-2-4-19(15)32/h1-4,11-13H,5-10,14H2. The maximum atomic E-state index is 13.1. The molecule has 0 spiro atoms. The Bertz CT molecular complexity index is 1060. The van der Waals surface area contributed by atoms with Crippen molar-refractivity contribution in [2.24, 2.45) is 0 Å². The number of hydrogen-bond acceptors (Lipinski definition) is 3. The molecule has 182 valence electrons. The van der Waals surface area contributed by atoms with Crippen molar-refractivity contribution in [2.45, 2.75) is 18.8 Å². The van der Waals surface area contributed by atoms with Gasteiger partial charge in [-0.1, -0.05) is 18.2 Å². The first-order valence-electron chi connectivity index (χ1n) is 10.6. The maximum Gasteiger partial charge on any atom is 0.416 e. The van der Waals surface area contributed by atoms with Crippen LogP contribution in [0.3, 0.4) is 0 Å². The third-order valence-corrected chi connectivity index (χ3v) is 6.04. The molecule has 5 nitrogen and oxygen atoms in total. The van der Waals surface area contributed by atoms with Gasteiger partial charge in [0.1, 0.15) is 0 Å². The summed E-state index contributed by atoms with van der Waals surface area (Å²) in [4.78, 5) is 30.2. The van der Waals surface area contributed by atoms with Crippen LogP contribution in [0.1, 0.15) is 27.0 Å². The minimum Gasteiger partial charge on any atom is -0.336 e. The number of halogens is 6. The number of alkyl halides is 6. The van der Waals surface area contributed by atoms with E-state index in [1.165, 1.54) is 4.90 Å². The summed E-state index contributed by atoms with van der Waals surface area (Å²) in [6.45, 7) is 1.41. The van der Waals surface area contributed by atoms with Crippen LogP contribution >= 0.6 is 0 Å². The van der Waals surface area contributed by atoms with Gasteiger partial charge in [0.25, 0.3) is 5.91 Å². The van der Waals surface area contributed by atoms with Gasteiger partial charge in [0.2, 0.25) is 5.91 Å². The van der Waals surface area contributed by atoms with Gasteiger partial charge >= 0.3 is 12.4 Å². The molecular weight excluding hydrogens is 464 g/mol. The Morgan fingerprint density at radius 1 is 0.794 bits per heavy atom. The first-order valence-corrected chi connectivity index (χ1v) is 10.6. The van der Waals surface area contributed by atoms with E-state index in [1.54, 1.807) is 4.90 Å². The largest absolute Gasteiger partial charge is 0.416 e. The molecule has 2 aromatic carbocycles. The summed E-state index contributed by atoms with van der Waals surface area (Å²) in [6.07, 6.45) is -9.28. The molecule has 2 heterocycles. The van der Waals surface area contributed by atoms with Crippen LogP contribution in [0, 0.1) is 0 Å². The van der Waals surface area contributed by atoms with Crippen molar-refractivity contribution in [2.75, 3.05) is 44.2 Å². The van der Waals surface area contributed by atoms with Crippen molar-refractivity contribution < 1.29 is 35.9 Å². The molecule has 4 rings (SSSR count). The second kappa shape index (κ2) is 8.94. The second-order valence-corrected chi connectivity index (χ2v) is 8.29. The van der Waals surface area contributed by atoms with Crippen LogP contribution in [0.5, 0.6) is 0 Å². The molecule has 0 N–H and O–H groups in total. The molecule has 0 atom stereocenters. The van der Waals surface area contributed by atoms with Gasteiger partial charge in [-0.2, -0.15) is 26.3 Å². The number of rotatable bonds is 3. The Morgan fingerprint density at radius 3 is 1.97 bits per heavy atom. The van der Waals surface area contributed by atoms with E-state index in [2.05, 4.69) is 0 Å². The fourth-order valence-corrected chi connectivity index (χ4v) is 4.24. The lowest BCUT2D eigenvalue weighted by Gasteiger charge is -2.35. The molecular formula is C23H21F6N3O2. The van der Waals surface area contributed by atoms with Gasteiger partial charge in [-0.05, 0) is 36.2 Å². The monoisotopic (exact) mass is 485 g/mol. The third kappa shape index (κ3) is 5.03. The summed E-state index contributed by atoms with van der Waals surface area (Å²) in [5, 5.41) is 0. The van der Waals surface area contributed by atoms with Crippen LogP contribution in [0.2, 0.25) is 0 Å². The Balaban J connectivity index is 1.41. The molecule has 2 aliphatic heterocycles. The number of para-hydroxylation sites is 1. The lowest BCUT2D eigenvalue weighted by molar-refractivity contribution is -0.143. The van der Waals surface area contributed by atoms with Gasteiger partial charge in [0.05, 0.1) is 17.7 Å². The van der Waals surface area contributed by atoms with E-state index >= 15 is 0 Å². The van der Waals surface area contributed by atoms with E-state index in [0.29, 0.717) is 18.7 Å². The molecule has 2 aliphatic rings. The summed E-state index contributed by atoms with van der Waals surface area (Å²) < 4.78 is 78.6. The van der Waals surface area contributed by atoms with Gasteiger partial charge in [-0.15, -0.1) is 0 Å². The molecule has 0 saturated carbocycles. The van der Waals surface area contributed by atoms with Gasteiger partial charge in [-0.3, -0.25) is 14.5 Å². The van der Waals surface area contributed by atoms with Crippen molar-refractivity contribution in [3.63, 3.8) is 0 Å². The molecule has 0 unspecified atom stereocenters. The molecule has 2 aromatic rings. The number of anilines is 1. The predicted octanol–water partition coefficient (Wildman–Crippen LogP) is 4.07. The van der Waals surface area contributed by atoms with Gasteiger partial charge < -0.3 is 9.80 Å². The van der Waals surface area contributed by atoms with Crippen LogP contribution in [0.25, 0.3) is 0 Å². The van der Waals surface area contributed by atoms with Gasteiger partial charge in [0, 0.05) is 44.0 Å². The number of benzene rings is 2. The van der Waals surface area contributed by atoms with Crippen LogP contribution in [0.4, 0.5) is 32.0 Å². The number of piperazine rings is 1. The Kier molecular flexibility index (Phi) is 6.32. The summed E-state index contributed by atoms with van der Waals surface area (Å²) >= 11 is 0. The normalized spacial score (nSPS) is 17.1. The lowest BCUT2D eigenvalue weighted by atomic mass is 10.0. The fourth-order valence-electron chi connectivity index (χ4n) is 4.24. The van der Waals surface area contributed by atoms with Gasteiger partial charge in [0.15, 0.2) is 0 Å². The first-order chi connectivity index (χ1) is 15.9. The van der Waals surface area contributed by atoms with E-state index in [4.69, 9.17) is 0 Å². The van der Waals surface area contributed by atoms with Crippen LogP contribution in [0.15, 0.2) is 42.5 Å². The molecule has 1 fully saturated rings. The summed E-state index contributed by atoms with van der Waals surface area (Å²) in [6, 6.07) is 8.48. The van der Waals surface area contributed by atoms with Crippen LogP contribution < -0.4 is 4.90 Å². The average Bonchev–Trinajstić information content (AvgIpc) is 3.22. The van der Waals surface area contributed by atoms with Gasteiger partial charge in [-0.25, -0.2) is 0 Å². The molecule has 2 amide bonds. The second-order valence-electron chi connectivity index (χ2n) is 8.29. The van der Waals surface area contributed by atoms with E-state index in [1.807, 2.05) is 29.2 Å². The maximum absolute atomic E-state index is 13.1. The predicted molar refractivity (Wildman–Crippen MR) is 111 cm³/mol. The van der Waals surface area contributed by atoms with Crippen LogP contribution in [-0.4, -0.2) is 60.9 Å². The number of hydrogen-bond donors (Lipinski definition) is 0. The average molecular weight is 485 g/mol. The Morgan fingerprint density at radius 2 is 1.38 bits per heavy atom. The van der Waals surface area contributed by atoms with E-state index in [0.717, 1.165) is 17.7 Å². The fraction of sp³-hybridized carbons (Fsp3) is 0.391. The SMILES string of the molecule is O=C(c1cc(C(F)(F)F)cc(C(F)(F)F)c1)N1CCN(CC(=O)N2CCc3ccccc32)CC1. The Labute approximate surface area is 191 Å². The lowest BCUT2D eigenvalue weighted by Crippen LogP contribution is -2.51. The zero-order valence-corrected chi connectivity index (χ0v) is 17.9. The summed E-state index contributed by atoms with van der Waals surface area (Å²) in [5.41, 5.74) is -1.76. The molecule has 11 heteroatoms. The number of amides is 2. The zero-order chi connectivity index (χ0) is 24.7. The highest BCUT2D eigenvalue weighted by atomic mass is 19.4. The highest BCUT2D eigenvalue weighted by molar-refractivity contribution is 5.97. The molecule has 0 bridgehead atoms. The van der Waals surface area contributed by atoms with Crippen molar-refractivity contribution in [1.29, 1.82) is 0 Å². The van der Waals surface area contributed by atoms with E-state index in [9.17, 15) is 35.9 Å². The molecule has 0 radical (unpaired) electrons. The van der Waals surface area contributed by atoms with Crippen LogP contribution in [-0.2, 0) is 23.6 Å². The smallest absolute Gasteiger partial charge is 0.336 e. The molecule has 34 heavy (non-hydrogen) atoms. The summed E-state index contributed by atoms with van der Waals surface area (Å²) in [5.74, 6) is -1.01. The minimum absolute atomic E-state index is 0.00314. The highest BCUT2D eigenvalue weighted by Gasteiger charge is 2.38. The number of nitrogens with zero attached hydrogens (tertiary/aromatic N) is 3. The van der Waals surface area contributed by atoms with Crippen molar-refractivity contribution in [1.82, 2.24) is 9.80 Å². The number of carbonyl (C=O) groups is 2. The number of carbonyl (C=O) groups excluding carboxylic acids is 2. The molecule has 0 aliphatic carbocycles. The third-order valence-electron chi connectivity index (χ3n) is 6.04. The highest BCUT2D eigenvalue weighted by Crippen LogP contribution is 2.36. The zero-order valence-electron chi connectivity index (χ0n) is 17.9.